The molecule has 0 saturated heterocycles. The van der Waals surface area contributed by atoms with Gasteiger partial charge in [0.25, 0.3) is 5.91 Å². The van der Waals surface area contributed by atoms with Crippen LogP contribution in [0.1, 0.15) is 31.1 Å². The van der Waals surface area contributed by atoms with Crippen LogP contribution in [0.5, 0.6) is 0 Å². The zero-order valence-electron chi connectivity index (χ0n) is 12.2. The molecule has 1 aromatic carbocycles. The molecule has 0 radical (unpaired) electrons. The number of nitrogens with one attached hydrogen (secondary N) is 2. The highest BCUT2D eigenvalue weighted by Gasteiger charge is 2.07. The van der Waals surface area contributed by atoms with Crippen molar-refractivity contribution in [3.8, 4) is 0 Å². The van der Waals surface area contributed by atoms with Crippen molar-refractivity contribution >= 4 is 23.5 Å². The van der Waals surface area contributed by atoms with Gasteiger partial charge in [-0.15, -0.1) is 0 Å². The molecule has 2 N–H and O–H groups in total. The van der Waals surface area contributed by atoms with Gasteiger partial charge in [-0.25, -0.2) is 4.79 Å². The Kier molecular flexibility index (Phi) is 6.13. The van der Waals surface area contributed by atoms with E-state index in [1.54, 1.807) is 38.1 Å². The van der Waals surface area contributed by atoms with Crippen LogP contribution in [-0.4, -0.2) is 24.4 Å². The SMILES string of the molecule is CCOC(=O)/C=C(\C)NC(=O)c1ccc(NC(C)=O)cc1. The van der Waals surface area contributed by atoms with Crippen LogP contribution < -0.4 is 10.6 Å². The maximum Gasteiger partial charge on any atom is 0.332 e. The van der Waals surface area contributed by atoms with Crippen molar-refractivity contribution < 1.29 is 19.1 Å². The third-order valence-corrected chi connectivity index (χ3v) is 2.40. The van der Waals surface area contributed by atoms with Crippen molar-refractivity contribution in [2.45, 2.75) is 20.8 Å². The van der Waals surface area contributed by atoms with Gasteiger partial charge in [-0.05, 0) is 38.1 Å². The third-order valence-electron chi connectivity index (χ3n) is 2.40. The summed E-state index contributed by atoms with van der Waals surface area (Å²) in [5, 5.41) is 5.19. The third kappa shape index (κ3) is 5.90. The van der Waals surface area contributed by atoms with E-state index in [-0.39, 0.29) is 18.4 Å². The number of allylic oxidation sites excluding steroid dienone is 1. The van der Waals surface area contributed by atoms with E-state index in [1.807, 2.05) is 0 Å². The molecule has 0 unspecified atom stereocenters. The number of esters is 1. The van der Waals surface area contributed by atoms with Gasteiger partial charge in [-0.1, -0.05) is 0 Å². The molecule has 0 aliphatic carbocycles. The number of rotatable bonds is 5. The molecule has 112 valence electrons. The first kappa shape index (κ1) is 16.4. The van der Waals surface area contributed by atoms with E-state index in [1.165, 1.54) is 13.0 Å². The summed E-state index contributed by atoms with van der Waals surface area (Å²) >= 11 is 0. The second-order valence-corrected chi connectivity index (χ2v) is 4.29. The number of amides is 2. The molecule has 21 heavy (non-hydrogen) atoms. The highest BCUT2D eigenvalue weighted by atomic mass is 16.5. The van der Waals surface area contributed by atoms with E-state index in [2.05, 4.69) is 10.6 Å². The molecule has 0 aromatic heterocycles. The molecule has 0 heterocycles. The lowest BCUT2D eigenvalue weighted by molar-refractivity contribution is -0.137. The lowest BCUT2D eigenvalue weighted by atomic mass is 10.2. The zero-order chi connectivity index (χ0) is 15.8. The summed E-state index contributed by atoms with van der Waals surface area (Å²) in [7, 11) is 0. The Hall–Kier alpha value is -2.63. The maximum atomic E-state index is 11.9. The van der Waals surface area contributed by atoms with Gasteiger partial charge in [0.2, 0.25) is 5.91 Å². The highest BCUT2D eigenvalue weighted by molar-refractivity contribution is 5.97. The van der Waals surface area contributed by atoms with Gasteiger partial charge in [0.1, 0.15) is 0 Å². The number of anilines is 1. The summed E-state index contributed by atoms with van der Waals surface area (Å²) in [5.41, 5.74) is 1.42. The van der Waals surface area contributed by atoms with Crippen molar-refractivity contribution in [3.05, 3.63) is 41.6 Å². The predicted molar refractivity (Wildman–Crippen MR) is 78.6 cm³/mol. The Morgan fingerprint density at radius 1 is 1.14 bits per heavy atom. The van der Waals surface area contributed by atoms with E-state index in [4.69, 9.17) is 4.74 Å². The fraction of sp³-hybridized carbons (Fsp3) is 0.267. The molecule has 0 bridgehead atoms. The fourth-order valence-electron chi connectivity index (χ4n) is 1.56. The second-order valence-electron chi connectivity index (χ2n) is 4.29. The van der Waals surface area contributed by atoms with Gasteiger partial charge in [0, 0.05) is 29.9 Å². The number of hydrogen-bond donors (Lipinski definition) is 2. The van der Waals surface area contributed by atoms with Crippen molar-refractivity contribution in [2.75, 3.05) is 11.9 Å². The van der Waals surface area contributed by atoms with Crippen LogP contribution in [0.2, 0.25) is 0 Å². The minimum Gasteiger partial charge on any atom is -0.463 e. The van der Waals surface area contributed by atoms with Gasteiger partial charge < -0.3 is 15.4 Å². The molecule has 1 rings (SSSR count). The van der Waals surface area contributed by atoms with Crippen LogP contribution in [0.3, 0.4) is 0 Å². The lowest BCUT2D eigenvalue weighted by Gasteiger charge is -2.07. The normalized spacial score (nSPS) is 10.7. The molecular weight excluding hydrogens is 272 g/mol. The standard InChI is InChI=1S/C15H18N2O4/c1-4-21-14(19)9-10(2)16-15(20)12-5-7-13(8-6-12)17-11(3)18/h5-9H,4H2,1-3H3,(H,16,20)(H,17,18)/b10-9+. The molecule has 0 spiro atoms. The molecular formula is C15H18N2O4. The summed E-state index contributed by atoms with van der Waals surface area (Å²) in [6.07, 6.45) is 1.22. The Morgan fingerprint density at radius 3 is 2.29 bits per heavy atom. The number of carbonyl (C=O) groups is 3. The molecule has 6 heteroatoms. The summed E-state index contributed by atoms with van der Waals surface area (Å²) < 4.78 is 4.75. The van der Waals surface area contributed by atoms with E-state index < -0.39 is 5.97 Å². The first-order chi connectivity index (χ1) is 9.92. The first-order valence-corrected chi connectivity index (χ1v) is 6.46. The van der Waals surface area contributed by atoms with Crippen LogP contribution in [0.25, 0.3) is 0 Å². The van der Waals surface area contributed by atoms with Gasteiger partial charge >= 0.3 is 5.97 Å². The van der Waals surface area contributed by atoms with Crippen LogP contribution in [0.4, 0.5) is 5.69 Å². The van der Waals surface area contributed by atoms with Crippen molar-refractivity contribution in [3.63, 3.8) is 0 Å². The molecule has 0 saturated carbocycles. The van der Waals surface area contributed by atoms with Gasteiger partial charge in [0.15, 0.2) is 0 Å². The summed E-state index contributed by atoms with van der Waals surface area (Å²) in [4.78, 5) is 34.1. The summed E-state index contributed by atoms with van der Waals surface area (Å²) in [6.45, 7) is 4.99. The van der Waals surface area contributed by atoms with E-state index in [0.29, 0.717) is 16.9 Å². The quantitative estimate of drug-likeness (QED) is 0.640. The molecule has 1 aromatic rings. The van der Waals surface area contributed by atoms with Gasteiger partial charge in [-0.2, -0.15) is 0 Å². The molecule has 0 aliphatic rings. The van der Waals surface area contributed by atoms with E-state index >= 15 is 0 Å². The predicted octanol–water partition coefficient (Wildman–Crippen LogP) is 1.84. The van der Waals surface area contributed by atoms with E-state index in [9.17, 15) is 14.4 Å². The zero-order valence-corrected chi connectivity index (χ0v) is 12.2. The second kappa shape index (κ2) is 7.84. The fourth-order valence-corrected chi connectivity index (χ4v) is 1.56. The maximum absolute atomic E-state index is 11.9. The minimum atomic E-state index is -0.503. The number of carbonyl (C=O) groups excluding carboxylic acids is 3. The largest absolute Gasteiger partial charge is 0.463 e. The van der Waals surface area contributed by atoms with Gasteiger partial charge in [-0.3, -0.25) is 9.59 Å². The molecule has 2 amide bonds. The molecule has 0 fully saturated rings. The average Bonchev–Trinajstić information content (AvgIpc) is 2.38. The van der Waals surface area contributed by atoms with Gasteiger partial charge in [0.05, 0.1) is 6.61 Å². The number of benzene rings is 1. The Balaban J connectivity index is 2.67. The summed E-state index contributed by atoms with van der Waals surface area (Å²) in [5.74, 6) is -1.03. The smallest absolute Gasteiger partial charge is 0.332 e. The Morgan fingerprint density at radius 2 is 1.76 bits per heavy atom. The number of ether oxygens (including phenoxy) is 1. The highest BCUT2D eigenvalue weighted by Crippen LogP contribution is 2.09. The first-order valence-electron chi connectivity index (χ1n) is 6.46. The number of hydrogen-bond acceptors (Lipinski definition) is 4. The summed E-state index contributed by atoms with van der Waals surface area (Å²) in [6, 6.07) is 6.41. The Bertz CT molecular complexity index is 562. The minimum absolute atomic E-state index is 0.180. The lowest BCUT2D eigenvalue weighted by Crippen LogP contribution is -2.22. The van der Waals surface area contributed by atoms with Crippen molar-refractivity contribution in [1.82, 2.24) is 5.32 Å². The molecule has 6 nitrogen and oxygen atoms in total. The van der Waals surface area contributed by atoms with Crippen molar-refractivity contribution in [1.29, 1.82) is 0 Å². The van der Waals surface area contributed by atoms with Crippen LogP contribution in [0, 0.1) is 0 Å². The van der Waals surface area contributed by atoms with Crippen molar-refractivity contribution in [2.24, 2.45) is 0 Å². The topological polar surface area (TPSA) is 84.5 Å². The van der Waals surface area contributed by atoms with E-state index in [0.717, 1.165) is 0 Å². The Labute approximate surface area is 123 Å². The van der Waals surface area contributed by atoms with Crippen LogP contribution in [0.15, 0.2) is 36.0 Å². The molecule has 0 aliphatic heterocycles. The average molecular weight is 290 g/mol. The molecule has 0 atom stereocenters. The monoisotopic (exact) mass is 290 g/mol. The van der Waals surface area contributed by atoms with Crippen LogP contribution >= 0.6 is 0 Å². The van der Waals surface area contributed by atoms with Crippen LogP contribution in [-0.2, 0) is 14.3 Å².